The van der Waals surface area contributed by atoms with Crippen molar-refractivity contribution in [1.82, 2.24) is 5.32 Å². The van der Waals surface area contributed by atoms with Crippen LogP contribution in [-0.2, 0) is 0 Å². The predicted octanol–water partition coefficient (Wildman–Crippen LogP) is 4.37. The van der Waals surface area contributed by atoms with Crippen LogP contribution in [-0.4, -0.2) is 19.6 Å². The lowest BCUT2D eigenvalue weighted by molar-refractivity contribution is 0.568. The molecule has 1 aromatic carbocycles. The molecule has 0 aliphatic carbocycles. The molecular weight excluding hydrogens is 232 g/mol. The lowest BCUT2D eigenvalue weighted by Crippen LogP contribution is -2.28. The molecule has 0 aliphatic heterocycles. The quantitative estimate of drug-likeness (QED) is 0.710. The van der Waals surface area contributed by atoms with E-state index < -0.39 is 0 Å². The van der Waals surface area contributed by atoms with Gasteiger partial charge < -0.3 is 10.2 Å². The van der Waals surface area contributed by atoms with Crippen molar-refractivity contribution >= 4 is 5.69 Å². The van der Waals surface area contributed by atoms with Crippen molar-refractivity contribution < 1.29 is 0 Å². The number of hydrogen-bond acceptors (Lipinski definition) is 2. The molecule has 2 heteroatoms. The SMILES string of the molecule is CCCNC(C)c1ccccc1N(CCC)CCC. The first-order valence-electron chi connectivity index (χ1n) is 7.81. The minimum atomic E-state index is 0.423. The van der Waals surface area contributed by atoms with E-state index in [2.05, 4.69) is 62.2 Å². The molecule has 0 heterocycles. The molecule has 0 fully saturated rings. The van der Waals surface area contributed by atoms with Gasteiger partial charge in [-0.1, -0.05) is 39.0 Å². The number of hydrogen-bond donors (Lipinski definition) is 1. The molecule has 0 saturated heterocycles. The van der Waals surface area contributed by atoms with Crippen LogP contribution in [0, 0.1) is 0 Å². The molecule has 1 rings (SSSR count). The Hall–Kier alpha value is -1.02. The van der Waals surface area contributed by atoms with Crippen LogP contribution < -0.4 is 10.2 Å². The van der Waals surface area contributed by atoms with Gasteiger partial charge in [0.1, 0.15) is 0 Å². The van der Waals surface area contributed by atoms with Crippen molar-refractivity contribution in [3.8, 4) is 0 Å². The summed E-state index contributed by atoms with van der Waals surface area (Å²) in [6.07, 6.45) is 3.58. The molecule has 0 aliphatic rings. The monoisotopic (exact) mass is 262 g/mol. The summed E-state index contributed by atoms with van der Waals surface area (Å²) < 4.78 is 0. The molecule has 0 saturated carbocycles. The molecule has 19 heavy (non-hydrogen) atoms. The van der Waals surface area contributed by atoms with Crippen molar-refractivity contribution in [2.75, 3.05) is 24.5 Å². The Labute approximate surface area is 119 Å². The second-order valence-corrected chi connectivity index (χ2v) is 5.22. The number of benzene rings is 1. The van der Waals surface area contributed by atoms with Crippen molar-refractivity contribution in [2.24, 2.45) is 0 Å². The van der Waals surface area contributed by atoms with Gasteiger partial charge in [-0.15, -0.1) is 0 Å². The third-order valence-corrected chi connectivity index (χ3v) is 3.43. The maximum atomic E-state index is 3.60. The first kappa shape index (κ1) is 16.0. The molecule has 1 atom stereocenters. The van der Waals surface area contributed by atoms with Gasteiger partial charge in [-0.2, -0.15) is 0 Å². The standard InChI is InChI=1S/C17H30N2/c1-5-12-18-15(4)16-10-8-9-11-17(16)19(13-6-2)14-7-3/h8-11,15,18H,5-7,12-14H2,1-4H3. The van der Waals surface area contributed by atoms with Crippen molar-refractivity contribution in [1.29, 1.82) is 0 Å². The van der Waals surface area contributed by atoms with Gasteiger partial charge in [-0.25, -0.2) is 0 Å². The minimum absolute atomic E-state index is 0.423. The van der Waals surface area contributed by atoms with E-state index in [4.69, 9.17) is 0 Å². The largest absolute Gasteiger partial charge is 0.371 e. The molecule has 108 valence electrons. The van der Waals surface area contributed by atoms with Gasteiger partial charge in [-0.05, 0) is 44.4 Å². The van der Waals surface area contributed by atoms with Gasteiger partial charge >= 0.3 is 0 Å². The summed E-state index contributed by atoms with van der Waals surface area (Å²) in [6.45, 7) is 12.4. The molecule has 0 radical (unpaired) electrons. The second-order valence-electron chi connectivity index (χ2n) is 5.22. The fourth-order valence-corrected chi connectivity index (χ4v) is 2.51. The number of anilines is 1. The summed E-state index contributed by atoms with van der Waals surface area (Å²) >= 11 is 0. The summed E-state index contributed by atoms with van der Waals surface area (Å²) in [4.78, 5) is 2.53. The fraction of sp³-hybridized carbons (Fsp3) is 0.647. The maximum Gasteiger partial charge on any atom is 0.0414 e. The van der Waals surface area contributed by atoms with Crippen LogP contribution in [0.2, 0.25) is 0 Å². The molecule has 1 aromatic rings. The van der Waals surface area contributed by atoms with Gasteiger partial charge in [-0.3, -0.25) is 0 Å². The van der Waals surface area contributed by atoms with E-state index in [0.29, 0.717) is 6.04 Å². The molecule has 0 aromatic heterocycles. The highest BCUT2D eigenvalue weighted by Gasteiger charge is 2.13. The predicted molar refractivity (Wildman–Crippen MR) is 85.9 cm³/mol. The first-order valence-corrected chi connectivity index (χ1v) is 7.81. The molecule has 0 bridgehead atoms. The van der Waals surface area contributed by atoms with E-state index in [1.807, 2.05) is 0 Å². The zero-order valence-electron chi connectivity index (χ0n) is 13.1. The van der Waals surface area contributed by atoms with E-state index >= 15 is 0 Å². The number of rotatable bonds is 9. The van der Waals surface area contributed by atoms with E-state index in [-0.39, 0.29) is 0 Å². The van der Waals surface area contributed by atoms with Crippen LogP contribution in [0.1, 0.15) is 58.6 Å². The maximum absolute atomic E-state index is 3.60. The third kappa shape index (κ3) is 4.87. The summed E-state index contributed by atoms with van der Waals surface area (Å²) in [5.74, 6) is 0. The van der Waals surface area contributed by atoms with Crippen LogP contribution in [0.4, 0.5) is 5.69 Å². The Morgan fingerprint density at radius 3 is 2.21 bits per heavy atom. The van der Waals surface area contributed by atoms with Crippen molar-refractivity contribution in [3.05, 3.63) is 29.8 Å². The molecule has 0 amide bonds. The number of nitrogens with zero attached hydrogens (tertiary/aromatic N) is 1. The second kappa shape index (κ2) is 8.98. The van der Waals surface area contributed by atoms with Gasteiger partial charge in [0.05, 0.1) is 0 Å². The van der Waals surface area contributed by atoms with E-state index in [1.54, 1.807) is 0 Å². The highest BCUT2D eigenvalue weighted by atomic mass is 15.1. The summed E-state index contributed by atoms with van der Waals surface area (Å²) in [5.41, 5.74) is 2.83. The highest BCUT2D eigenvalue weighted by molar-refractivity contribution is 5.54. The number of para-hydroxylation sites is 1. The lowest BCUT2D eigenvalue weighted by atomic mass is 10.0. The Morgan fingerprint density at radius 2 is 1.63 bits per heavy atom. The first-order chi connectivity index (χ1) is 9.24. The number of nitrogens with one attached hydrogen (secondary N) is 1. The Kier molecular flexibility index (Phi) is 7.57. The van der Waals surface area contributed by atoms with Gasteiger partial charge in [0.25, 0.3) is 0 Å². The van der Waals surface area contributed by atoms with Gasteiger partial charge in [0, 0.05) is 24.8 Å². The average molecular weight is 262 g/mol. The van der Waals surface area contributed by atoms with E-state index in [1.165, 1.54) is 30.5 Å². The minimum Gasteiger partial charge on any atom is -0.371 e. The Balaban J connectivity index is 2.91. The van der Waals surface area contributed by atoms with Crippen LogP contribution in [0.15, 0.2) is 24.3 Å². The van der Waals surface area contributed by atoms with Gasteiger partial charge in [0.15, 0.2) is 0 Å². The van der Waals surface area contributed by atoms with Crippen LogP contribution in [0.5, 0.6) is 0 Å². The molecule has 1 unspecified atom stereocenters. The summed E-state index contributed by atoms with van der Waals surface area (Å²) in [6, 6.07) is 9.27. The molecule has 0 spiro atoms. The molecule has 1 N–H and O–H groups in total. The summed E-state index contributed by atoms with van der Waals surface area (Å²) in [7, 11) is 0. The lowest BCUT2D eigenvalue weighted by Gasteiger charge is -2.28. The van der Waals surface area contributed by atoms with E-state index in [9.17, 15) is 0 Å². The molecular formula is C17H30N2. The van der Waals surface area contributed by atoms with Crippen LogP contribution in [0.3, 0.4) is 0 Å². The smallest absolute Gasteiger partial charge is 0.0414 e. The van der Waals surface area contributed by atoms with E-state index in [0.717, 1.165) is 19.6 Å². The Bertz CT molecular complexity index is 343. The topological polar surface area (TPSA) is 15.3 Å². The van der Waals surface area contributed by atoms with Crippen LogP contribution >= 0.6 is 0 Å². The normalized spacial score (nSPS) is 12.4. The van der Waals surface area contributed by atoms with Crippen molar-refractivity contribution in [3.63, 3.8) is 0 Å². The highest BCUT2D eigenvalue weighted by Crippen LogP contribution is 2.26. The zero-order valence-corrected chi connectivity index (χ0v) is 13.1. The van der Waals surface area contributed by atoms with Crippen LogP contribution in [0.25, 0.3) is 0 Å². The van der Waals surface area contributed by atoms with Gasteiger partial charge in [0.2, 0.25) is 0 Å². The Morgan fingerprint density at radius 1 is 1.00 bits per heavy atom. The average Bonchev–Trinajstić information content (AvgIpc) is 2.44. The fourth-order valence-electron chi connectivity index (χ4n) is 2.51. The van der Waals surface area contributed by atoms with Crippen molar-refractivity contribution in [2.45, 2.75) is 53.0 Å². The summed E-state index contributed by atoms with van der Waals surface area (Å²) in [5, 5.41) is 3.60. The molecule has 2 nitrogen and oxygen atoms in total. The third-order valence-electron chi connectivity index (χ3n) is 3.43. The zero-order chi connectivity index (χ0) is 14.1.